The van der Waals surface area contributed by atoms with Crippen LogP contribution >= 0.6 is 7.82 Å². The molecule has 0 aliphatic heterocycles. The molecule has 0 heterocycles. The molecule has 2 atom stereocenters. The summed E-state index contributed by atoms with van der Waals surface area (Å²) in [4.78, 5) is 34.1. The maximum absolute atomic E-state index is 12.2. The molecule has 0 saturated carbocycles. The van der Waals surface area contributed by atoms with Gasteiger partial charge in [0.25, 0.3) is 0 Å². The average Bonchev–Trinajstić information content (AvgIpc) is 3.27. The SMILES string of the molecule is CCCCC/C=C\C/C=C\C/C=C\C/C=C\CCCCCCCC(=O)NCCOP(=O)(O)OCC(O)COC(=O)CCCCCCCCCCCCCCCCCCCCCCC. The zero-order valence-corrected chi connectivity index (χ0v) is 41.7. The fourth-order valence-electron chi connectivity index (χ4n) is 7.31. The van der Waals surface area contributed by atoms with Crippen molar-refractivity contribution in [1.29, 1.82) is 0 Å². The molecule has 368 valence electrons. The molecule has 2 unspecified atom stereocenters. The van der Waals surface area contributed by atoms with Gasteiger partial charge in [-0.05, 0) is 57.8 Å². The summed E-state index contributed by atoms with van der Waals surface area (Å²) in [6.45, 7) is 3.54. The highest BCUT2D eigenvalue weighted by atomic mass is 31.2. The number of nitrogens with one attached hydrogen (secondary N) is 1. The lowest BCUT2D eigenvalue weighted by atomic mass is 10.0. The van der Waals surface area contributed by atoms with Crippen molar-refractivity contribution in [2.45, 2.75) is 251 Å². The Morgan fingerprint density at radius 2 is 0.857 bits per heavy atom. The lowest BCUT2D eigenvalue weighted by molar-refractivity contribution is -0.147. The van der Waals surface area contributed by atoms with E-state index in [1.54, 1.807) is 0 Å². The second kappa shape index (κ2) is 49.4. The fraction of sp³-hybridized carbons (Fsp3) is 0.811. The number of phosphoric ester groups is 1. The van der Waals surface area contributed by atoms with E-state index >= 15 is 0 Å². The van der Waals surface area contributed by atoms with Gasteiger partial charge in [0, 0.05) is 19.4 Å². The quantitative estimate of drug-likeness (QED) is 0.0238. The van der Waals surface area contributed by atoms with Gasteiger partial charge in [0.15, 0.2) is 0 Å². The van der Waals surface area contributed by atoms with Crippen LogP contribution in [-0.4, -0.2) is 54.3 Å². The molecule has 0 aromatic rings. The molecule has 63 heavy (non-hydrogen) atoms. The number of hydrogen-bond donors (Lipinski definition) is 3. The largest absolute Gasteiger partial charge is 0.472 e. The maximum Gasteiger partial charge on any atom is 0.472 e. The number of allylic oxidation sites excluding steroid dienone is 8. The van der Waals surface area contributed by atoms with Crippen molar-refractivity contribution < 1.29 is 37.9 Å². The highest BCUT2D eigenvalue weighted by Gasteiger charge is 2.23. The predicted octanol–water partition coefficient (Wildman–Crippen LogP) is 15.4. The number of unbranched alkanes of at least 4 members (excludes halogenated alkanes) is 28. The number of rotatable bonds is 49. The van der Waals surface area contributed by atoms with Crippen molar-refractivity contribution >= 4 is 19.7 Å². The fourth-order valence-corrected chi connectivity index (χ4v) is 8.06. The van der Waals surface area contributed by atoms with Gasteiger partial charge in [-0.2, -0.15) is 0 Å². The van der Waals surface area contributed by atoms with Crippen LogP contribution in [0.2, 0.25) is 0 Å². The first-order chi connectivity index (χ1) is 30.8. The highest BCUT2D eigenvalue weighted by molar-refractivity contribution is 7.47. The molecule has 0 bridgehead atoms. The van der Waals surface area contributed by atoms with Crippen molar-refractivity contribution in [3.63, 3.8) is 0 Å². The third-order valence-corrected chi connectivity index (χ3v) is 12.2. The molecular formula is C53H98NO8P. The Balaban J connectivity index is 3.58. The van der Waals surface area contributed by atoms with Crippen molar-refractivity contribution in [2.24, 2.45) is 0 Å². The van der Waals surface area contributed by atoms with Gasteiger partial charge in [0.1, 0.15) is 12.7 Å². The van der Waals surface area contributed by atoms with Crippen LogP contribution in [0, 0.1) is 0 Å². The maximum atomic E-state index is 12.2. The Kier molecular flexibility index (Phi) is 47.8. The second-order valence-corrected chi connectivity index (χ2v) is 19.0. The number of ether oxygens (including phenoxy) is 1. The molecule has 0 rings (SSSR count). The Morgan fingerprint density at radius 1 is 0.492 bits per heavy atom. The van der Waals surface area contributed by atoms with Crippen LogP contribution in [0.3, 0.4) is 0 Å². The topological polar surface area (TPSA) is 131 Å². The Bertz CT molecular complexity index is 1170. The Labute approximate surface area is 387 Å². The molecule has 0 aliphatic rings. The van der Waals surface area contributed by atoms with E-state index in [1.165, 1.54) is 141 Å². The molecule has 0 saturated heterocycles. The normalized spacial score (nSPS) is 13.5. The molecular weight excluding hydrogens is 810 g/mol. The van der Waals surface area contributed by atoms with Crippen molar-refractivity contribution in [2.75, 3.05) is 26.4 Å². The van der Waals surface area contributed by atoms with Crippen LogP contribution in [0.5, 0.6) is 0 Å². The molecule has 0 aliphatic carbocycles. The summed E-state index contributed by atoms with van der Waals surface area (Å²) in [7, 11) is -4.43. The van der Waals surface area contributed by atoms with Crippen LogP contribution < -0.4 is 5.32 Å². The summed E-state index contributed by atoms with van der Waals surface area (Å²) in [5.41, 5.74) is 0. The van der Waals surface area contributed by atoms with Gasteiger partial charge in [0.05, 0.1) is 13.2 Å². The summed E-state index contributed by atoms with van der Waals surface area (Å²) in [5.74, 6) is -0.527. The molecule has 0 radical (unpaired) electrons. The number of carbonyl (C=O) groups excluding carboxylic acids is 2. The number of esters is 1. The van der Waals surface area contributed by atoms with Gasteiger partial charge in [-0.3, -0.25) is 18.6 Å². The number of carbonyl (C=O) groups is 2. The lowest BCUT2D eigenvalue weighted by Crippen LogP contribution is -2.27. The van der Waals surface area contributed by atoms with E-state index in [0.29, 0.717) is 6.42 Å². The minimum absolute atomic E-state index is 0.0710. The first-order valence-corrected chi connectivity index (χ1v) is 27.6. The van der Waals surface area contributed by atoms with Crippen LogP contribution in [0.4, 0.5) is 0 Å². The molecule has 3 N–H and O–H groups in total. The van der Waals surface area contributed by atoms with E-state index in [1.807, 2.05) is 0 Å². The first kappa shape index (κ1) is 61.0. The van der Waals surface area contributed by atoms with E-state index < -0.39 is 26.5 Å². The summed E-state index contributed by atoms with van der Waals surface area (Å²) >= 11 is 0. The summed E-state index contributed by atoms with van der Waals surface area (Å²) in [5, 5.41) is 12.7. The van der Waals surface area contributed by atoms with E-state index in [0.717, 1.165) is 77.0 Å². The van der Waals surface area contributed by atoms with E-state index in [2.05, 4.69) is 67.8 Å². The standard InChI is InChI=1S/C53H98NO8P/c1-3-5-7-9-11-13-15-17-19-21-23-25-27-29-31-33-35-37-39-41-43-45-52(56)54-47-48-61-63(58,59)62-50-51(55)49-60-53(57)46-44-42-40-38-36-34-32-30-28-26-24-22-20-18-16-14-12-10-8-6-4-2/h11,13,17,19,23,25,29,31,51,55H,3-10,12,14-16,18,20-22,24,26-28,30,32-50H2,1-2H3,(H,54,56)(H,58,59)/b13-11-,19-17-,25-23-,31-29-. The van der Waals surface area contributed by atoms with Crippen LogP contribution in [0.1, 0.15) is 245 Å². The molecule has 10 heteroatoms. The van der Waals surface area contributed by atoms with E-state index in [9.17, 15) is 24.2 Å². The molecule has 0 fully saturated rings. The Hall–Kier alpha value is -2.03. The van der Waals surface area contributed by atoms with Crippen LogP contribution in [0.15, 0.2) is 48.6 Å². The van der Waals surface area contributed by atoms with Gasteiger partial charge in [0.2, 0.25) is 5.91 Å². The van der Waals surface area contributed by atoms with Crippen LogP contribution in [0.25, 0.3) is 0 Å². The third-order valence-electron chi connectivity index (χ3n) is 11.3. The van der Waals surface area contributed by atoms with E-state index in [4.69, 9.17) is 13.8 Å². The van der Waals surface area contributed by atoms with Gasteiger partial charge in [-0.15, -0.1) is 0 Å². The monoisotopic (exact) mass is 908 g/mol. The zero-order chi connectivity index (χ0) is 46.0. The van der Waals surface area contributed by atoms with Gasteiger partial charge in [-0.25, -0.2) is 4.57 Å². The summed E-state index contributed by atoms with van der Waals surface area (Å²) < 4.78 is 27.0. The molecule has 1 amide bonds. The molecule has 0 spiro atoms. The van der Waals surface area contributed by atoms with E-state index in [-0.39, 0.29) is 32.1 Å². The first-order valence-electron chi connectivity index (χ1n) is 26.1. The molecule has 0 aromatic heterocycles. The lowest BCUT2D eigenvalue weighted by Gasteiger charge is -2.15. The third kappa shape index (κ3) is 50.8. The minimum atomic E-state index is -4.43. The number of phosphoric acid groups is 1. The van der Waals surface area contributed by atoms with Gasteiger partial charge >= 0.3 is 13.8 Å². The van der Waals surface area contributed by atoms with Crippen LogP contribution in [-0.2, 0) is 27.9 Å². The minimum Gasteiger partial charge on any atom is -0.463 e. The predicted molar refractivity (Wildman–Crippen MR) is 266 cm³/mol. The summed E-state index contributed by atoms with van der Waals surface area (Å²) in [6, 6.07) is 0. The number of aliphatic hydroxyl groups is 1. The molecule has 0 aromatic carbocycles. The van der Waals surface area contributed by atoms with Gasteiger partial charge in [-0.1, -0.05) is 223 Å². The zero-order valence-electron chi connectivity index (χ0n) is 40.8. The van der Waals surface area contributed by atoms with Gasteiger partial charge < -0.3 is 20.1 Å². The number of aliphatic hydroxyl groups excluding tert-OH is 1. The smallest absolute Gasteiger partial charge is 0.463 e. The highest BCUT2D eigenvalue weighted by Crippen LogP contribution is 2.42. The Morgan fingerprint density at radius 3 is 1.32 bits per heavy atom. The van der Waals surface area contributed by atoms with Crippen molar-refractivity contribution in [3.8, 4) is 0 Å². The van der Waals surface area contributed by atoms with Crippen molar-refractivity contribution in [3.05, 3.63) is 48.6 Å². The summed E-state index contributed by atoms with van der Waals surface area (Å²) in [6.07, 6.45) is 59.1. The van der Waals surface area contributed by atoms with Crippen molar-refractivity contribution in [1.82, 2.24) is 5.32 Å². The number of hydrogen-bond acceptors (Lipinski definition) is 7. The second-order valence-electron chi connectivity index (χ2n) is 17.5. The molecule has 9 nitrogen and oxygen atoms in total. The number of amides is 1. The average molecular weight is 908 g/mol.